The lowest BCUT2D eigenvalue weighted by molar-refractivity contribution is -0.232. The van der Waals surface area contributed by atoms with E-state index in [-0.39, 0.29) is 6.61 Å². The van der Waals surface area contributed by atoms with Gasteiger partial charge in [0.15, 0.2) is 49.9 Å². The minimum atomic E-state index is -5.14. The van der Waals surface area contributed by atoms with Crippen LogP contribution in [0.15, 0.2) is 0 Å². The van der Waals surface area contributed by atoms with Crippen LogP contribution in [0.2, 0.25) is 133 Å². The van der Waals surface area contributed by atoms with Crippen molar-refractivity contribution in [2.45, 2.75) is 222 Å². The summed E-state index contributed by atoms with van der Waals surface area (Å²) in [6, 6.07) is 6.67. The molecule has 0 saturated heterocycles. The molecule has 0 saturated carbocycles. The van der Waals surface area contributed by atoms with E-state index in [1.54, 1.807) is 42.7 Å². The fourth-order valence-corrected chi connectivity index (χ4v) is 44.6. The summed E-state index contributed by atoms with van der Waals surface area (Å²) in [4.78, 5) is 4.85. The summed E-state index contributed by atoms with van der Waals surface area (Å²) in [7, 11) is -9.64. The Morgan fingerprint density at radius 3 is 1.01 bits per heavy atom. The summed E-state index contributed by atoms with van der Waals surface area (Å²) in [6.07, 6.45) is -19.7. The van der Waals surface area contributed by atoms with Crippen molar-refractivity contribution in [2.75, 3.05) is 88.9 Å². The van der Waals surface area contributed by atoms with E-state index < -0.39 is 146 Å². The van der Waals surface area contributed by atoms with E-state index in [4.69, 9.17) is 62.6 Å². The highest BCUT2D eigenvalue weighted by molar-refractivity contribution is 6.86. The first-order chi connectivity index (χ1) is 39.1. The molecule has 0 aliphatic carbocycles. The van der Waals surface area contributed by atoms with Crippen LogP contribution in [0.5, 0.6) is 0 Å². The molecule has 87 heavy (non-hydrogen) atoms. The molecular formula is C48H105F15O15Si9. The summed E-state index contributed by atoms with van der Waals surface area (Å²) in [5.41, 5.74) is 0. The summed E-state index contributed by atoms with van der Waals surface area (Å²) in [6.45, 7) is 27.1. The van der Waals surface area contributed by atoms with Crippen LogP contribution in [0.3, 0.4) is 0 Å². The summed E-state index contributed by atoms with van der Waals surface area (Å²) in [5, 5.41) is 0. The zero-order valence-electron chi connectivity index (χ0n) is 54.9. The molecule has 0 aromatic heterocycles. The Labute approximate surface area is 518 Å². The fourth-order valence-electron chi connectivity index (χ4n) is 8.22. The minimum Gasteiger partial charge on any atom is -0.456 e. The van der Waals surface area contributed by atoms with Crippen molar-refractivity contribution in [2.24, 2.45) is 0 Å². The van der Waals surface area contributed by atoms with Gasteiger partial charge in [-0.3, -0.25) is 0 Å². The molecule has 15 nitrogen and oxygen atoms in total. The molecule has 0 fully saturated rings. The number of alkyl halides is 15. The minimum absolute atomic E-state index is 0.0255. The summed E-state index contributed by atoms with van der Waals surface area (Å²) < 4.78 is 260. The van der Waals surface area contributed by atoms with Crippen molar-refractivity contribution in [3.05, 3.63) is 0 Å². The molecular weight excluding hydrogens is 1350 g/mol. The van der Waals surface area contributed by atoms with Gasteiger partial charge in [0.05, 0.1) is 6.61 Å². The standard InChI is InChI=1S/C16H35F5O5Si3.C15H36F2O5Si3.C14H32F2O5Si3.C3H2F6/c1-22-29(23-2,24-3)12-11-28(6,7)26-27(4,5)10-8-9-25-14-15(17,18)13-16(19,20)21;1-15(16,17)14-21-10-9-11-23(5,6)22-24(7,8)12-13-25(18-2,19-3)20-4;1-6-8-19-20-22(17)10-12-24(4,5)21-23(2,3)11-7-9-18-13-14(15)16;4-2(5,6)1-3(7,8)9/h8-14H2,1-7H3;9-14H2,1-8H3;14H,6-13H2,1-5H3;1H2. The lowest BCUT2D eigenvalue weighted by atomic mass is 10.2. The Hall–Kier alpha value is -0.0181. The first kappa shape index (κ1) is 93.4. The second-order valence-electron chi connectivity index (χ2n) is 24.2. The Morgan fingerprint density at radius 2 is 0.724 bits per heavy atom. The molecule has 39 heteroatoms. The predicted octanol–water partition coefficient (Wildman–Crippen LogP) is 16.5. The van der Waals surface area contributed by atoms with E-state index in [2.05, 4.69) is 65.5 Å². The molecule has 528 valence electrons. The Bertz CT molecular complexity index is 1740. The van der Waals surface area contributed by atoms with Gasteiger partial charge in [0.25, 0.3) is 18.3 Å². The van der Waals surface area contributed by atoms with Gasteiger partial charge in [-0.25, -0.2) is 31.2 Å². The van der Waals surface area contributed by atoms with Crippen molar-refractivity contribution >= 4 is 76.4 Å². The van der Waals surface area contributed by atoms with Crippen LogP contribution in [0.25, 0.3) is 0 Å². The molecule has 0 heterocycles. The molecule has 0 rings (SSSR count). The van der Waals surface area contributed by atoms with Crippen LogP contribution in [0.1, 0.15) is 52.4 Å². The van der Waals surface area contributed by atoms with Crippen molar-refractivity contribution in [3.8, 4) is 0 Å². The van der Waals surface area contributed by atoms with Crippen LogP contribution in [0.4, 0.5) is 65.9 Å². The van der Waals surface area contributed by atoms with Crippen molar-refractivity contribution in [1.29, 1.82) is 0 Å². The van der Waals surface area contributed by atoms with Crippen LogP contribution in [0, 0.1) is 0 Å². The third-order valence-electron chi connectivity index (χ3n) is 11.9. The molecule has 0 atom stereocenters. The average Bonchev–Trinajstić information content (AvgIpc) is 3.16. The molecule has 0 aliphatic heterocycles. The third-order valence-corrected chi connectivity index (χ3v) is 42.2. The quantitative estimate of drug-likeness (QED) is 0.0187. The van der Waals surface area contributed by atoms with Gasteiger partial charge in [0, 0.05) is 87.5 Å². The van der Waals surface area contributed by atoms with Crippen molar-refractivity contribution in [1.82, 2.24) is 0 Å². The number of ether oxygens (including phenoxy) is 3. The zero-order chi connectivity index (χ0) is 69.1. The molecule has 0 amide bonds. The van der Waals surface area contributed by atoms with E-state index in [1.165, 1.54) is 0 Å². The van der Waals surface area contributed by atoms with Gasteiger partial charge in [0.1, 0.15) is 32.7 Å². The Morgan fingerprint density at radius 1 is 0.414 bits per heavy atom. The average molecular weight is 1460 g/mol. The smallest absolute Gasteiger partial charge is 0.456 e. The number of hydrogen-bond donors (Lipinski definition) is 0. The zero-order valence-corrected chi connectivity index (χ0v) is 63.9. The van der Waals surface area contributed by atoms with Crippen molar-refractivity contribution < 1.29 is 133 Å². The highest BCUT2D eigenvalue weighted by atomic mass is 28.4. The van der Waals surface area contributed by atoms with E-state index in [1.807, 2.05) is 20.0 Å². The summed E-state index contributed by atoms with van der Waals surface area (Å²) >= 11 is 0. The molecule has 0 N–H and O–H groups in total. The van der Waals surface area contributed by atoms with Gasteiger partial charge in [0.2, 0.25) is 0 Å². The highest BCUT2D eigenvalue weighted by Gasteiger charge is 2.46. The van der Waals surface area contributed by atoms with Gasteiger partial charge in [-0.1, -0.05) is 6.92 Å². The number of hydrogen-bond acceptors (Lipinski definition) is 15. The van der Waals surface area contributed by atoms with Crippen LogP contribution >= 0.6 is 0 Å². The van der Waals surface area contributed by atoms with Crippen molar-refractivity contribution in [3.63, 3.8) is 0 Å². The van der Waals surface area contributed by atoms with Gasteiger partial charge >= 0.3 is 45.1 Å². The molecule has 0 spiro atoms. The predicted molar refractivity (Wildman–Crippen MR) is 324 cm³/mol. The second kappa shape index (κ2) is 43.1. The largest absolute Gasteiger partial charge is 0.537 e. The van der Waals surface area contributed by atoms with Gasteiger partial charge in [-0.2, -0.15) is 39.5 Å². The maximum atomic E-state index is 13.2. The second-order valence-corrected chi connectivity index (χ2v) is 58.4. The van der Waals surface area contributed by atoms with Gasteiger partial charge < -0.3 is 62.2 Å². The van der Waals surface area contributed by atoms with Crippen LogP contribution < -0.4 is 0 Å². The summed E-state index contributed by atoms with van der Waals surface area (Å²) in [5.74, 6) is -6.67. The molecule has 0 aromatic carbocycles. The fraction of sp³-hybridized carbons (Fsp3) is 1.00. The number of rotatable bonds is 44. The lowest BCUT2D eigenvalue weighted by Crippen LogP contribution is -2.48. The first-order valence-corrected chi connectivity index (χ1v) is 52.4. The lowest BCUT2D eigenvalue weighted by Gasteiger charge is -2.35. The van der Waals surface area contributed by atoms with Gasteiger partial charge in [-0.15, -0.1) is 0 Å². The molecule has 0 bridgehead atoms. The third kappa shape index (κ3) is 58.3. The van der Waals surface area contributed by atoms with E-state index >= 15 is 0 Å². The maximum absolute atomic E-state index is 13.2. The van der Waals surface area contributed by atoms with Gasteiger partial charge in [-0.05, 0) is 141 Å². The monoisotopic (exact) mass is 1460 g/mol. The Kier molecular flexibility index (Phi) is 46.3. The SMILES string of the molecule is CCCOO[Si](=O)CC[Si](C)(C)O[Si](C)(C)CCCOCC(F)F.CO[Si](CC[Si](C)(C)O[Si](C)(C)CCCOCC(C)(F)F)(OC)OC.CO[Si](CC[Si](C)(C)O[Si](C)(C)CCCOCC(F)(F)CC(F)(F)F)(OC)OC.FC(F)(F)CC(F)(F)F. The highest BCUT2D eigenvalue weighted by Crippen LogP contribution is 2.34. The molecule has 0 unspecified atom stereocenters. The van der Waals surface area contributed by atoms with E-state index in [9.17, 15) is 70.3 Å². The maximum Gasteiger partial charge on any atom is 0.537 e. The first-order valence-electron chi connectivity index (χ1n) is 28.3. The number of halogens is 15. The van der Waals surface area contributed by atoms with Crippen LogP contribution in [-0.2, 0) is 67.0 Å². The Balaban J connectivity index is -0.000000555. The molecule has 0 radical (unpaired) electrons. The topological polar surface area (TPSA) is 146 Å². The van der Waals surface area contributed by atoms with Crippen LogP contribution in [-0.4, -0.2) is 202 Å². The molecule has 0 aliphatic rings. The normalized spacial score (nSPS) is 13.8. The van der Waals surface area contributed by atoms with E-state index in [0.717, 1.165) is 62.5 Å². The molecule has 0 aromatic rings. The van der Waals surface area contributed by atoms with E-state index in [0.29, 0.717) is 44.4 Å².